The van der Waals surface area contributed by atoms with Crippen LogP contribution in [0.5, 0.6) is 0 Å². The molecule has 21 heavy (non-hydrogen) atoms. The number of aliphatic carboxylic acids is 1. The third-order valence-corrected chi connectivity index (χ3v) is 7.14. The van der Waals surface area contributed by atoms with Gasteiger partial charge in [0.05, 0.1) is 24.0 Å². The number of sulfone groups is 1. The smallest absolute Gasteiger partial charge is 0.305 e. The summed E-state index contributed by atoms with van der Waals surface area (Å²) in [6.07, 6.45) is 0.998. The fraction of sp³-hybridized carbons (Fsp3) is 0.909. The van der Waals surface area contributed by atoms with Gasteiger partial charge < -0.3 is 5.11 Å². The van der Waals surface area contributed by atoms with Crippen molar-refractivity contribution in [1.82, 2.24) is 8.61 Å². The van der Waals surface area contributed by atoms with Crippen LogP contribution in [0.3, 0.4) is 0 Å². The summed E-state index contributed by atoms with van der Waals surface area (Å²) in [5.41, 5.74) is 0. The predicted molar refractivity (Wildman–Crippen MR) is 77.9 cm³/mol. The number of carbonyl (C=O) groups is 1. The van der Waals surface area contributed by atoms with Crippen molar-refractivity contribution in [3.05, 3.63) is 0 Å². The Morgan fingerprint density at radius 1 is 1.43 bits per heavy atom. The normalized spacial score (nSPS) is 23.3. The van der Waals surface area contributed by atoms with Gasteiger partial charge in [-0.25, -0.2) is 8.42 Å². The maximum Gasteiger partial charge on any atom is 0.305 e. The van der Waals surface area contributed by atoms with E-state index in [1.54, 1.807) is 0 Å². The molecule has 1 saturated heterocycles. The van der Waals surface area contributed by atoms with E-state index in [0.717, 1.165) is 15.0 Å². The molecule has 0 aromatic heterocycles. The van der Waals surface area contributed by atoms with Gasteiger partial charge in [0.1, 0.15) is 0 Å². The van der Waals surface area contributed by atoms with Crippen LogP contribution >= 0.6 is 0 Å². The Morgan fingerprint density at radius 3 is 2.57 bits per heavy atom. The Labute approximate surface area is 125 Å². The van der Waals surface area contributed by atoms with Crippen molar-refractivity contribution in [3.63, 3.8) is 0 Å². The average molecular weight is 342 g/mol. The molecular formula is C11H22N2O6S2. The van der Waals surface area contributed by atoms with E-state index in [1.165, 1.54) is 7.05 Å². The van der Waals surface area contributed by atoms with Crippen molar-refractivity contribution >= 4 is 26.0 Å². The number of carboxylic acids is 1. The van der Waals surface area contributed by atoms with E-state index in [4.69, 9.17) is 5.11 Å². The largest absolute Gasteiger partial charge is 0.481 e. The summed E-state index contributed by atoms with van der Waals surface area (Å²) in [5, 5.41) is 8.87. The fourth-order valence-electron chi connectivity index (χ4n) is 2.21. The van der Waals surface area contributed by atoms with Crippen molar-refractivity contribution in [2.75, 3.05) is 31.6 Å². The summed E-state index contributed by atoms with van der Waals surface area (Å²) in [5.74, 6) is -1.93. The van der Waals surface area contributed by atoms with Crippen molar-refractivity contribution in [2.24, 2.45) is 0 Å². The summed E-state index contributed by atoms with van der Waals surface area (Å²) in [6.45, 7) is 2.06. The highest BCUT2D eigenvalue weighted by atomic mass is 32.2. The quantitative estimate of drug-likeness (QED) is 0.670. The van der Waals surface area contributed by atoms with Crippen molar-refractivity contribution in [2.45, 2.75) is 32.2 Å². The number of unbranched alkanes of at least 4 members (excludes halogenated alkanes) is 1. The van der Waals surface area contributed by atoms with Crippen LogP contribution in [-0.4, -0.2) is 74.2 Å². The second-order valence-electron chi connectivity index (χ2n) is 5.16. The predicted octanol–water partition coefficient (Wildman–Crippen LogP) is -0.463. The zero-order chi connectivity index (χ0) is 16.3. The topological polar surface area (TPSA) is 112 Å². The molecule has 1 fully saturated rings. The van der Waals surface area contributed by atoms with Crippen LogP contribution in [-0.2, 0) is 24.8 Å². The lowest BCUT2D eigenvalue weighted by Gasteiger charge is -2.36. The van der Waals surface area contributed by atoms with Crippen LogP contribution in [0.1, 0.15) is 26.2 Å². The van der Waals surface area contributed by atoms with Gasteiger partial charge in [0.25, 0.3) is 10.2 Å². The summed E-state index contributed by atoms with van der Waals surface area (Å²) < 4.78 is 50.3. The molecular weight excluding hydrogens is 320 g/mol. The molecule has 1 heterocycles. The van der Waals surface area contributed by atoms with E-state index in [2.05, 4.69) is 0 Å². The zero-order valence-corrected chi connectivity index (χ0v) is 13.9. The summed E-state index contributed by atoms with van der Waals surface area (Å²) in [4.78, 5) is 10.9. The molecule has 1 aliphatic heterocycles. The number of hydrogen-bond donors (Lipinski definition) is 1. The molecule has 0 aromatic carbocycles. The first kappa shape index (κ1) is 18.3. The van der Waals surface area contributed by atoms with E-state index in [0.29, 0.717) is 13.0 Å². The molecule has 1 rings (SSSR count). The minimum Gasteiger partial charge on any atom is -0.481 e. The average Bonchev–Trinajstić information content (AvgIpc) is 2.33. The molecule has 1 unspecified atom stereocenters. The third-order valence-electron chi connectivity index (χ3n) is 3.40. The molecule has 124 valence electrons. The first-order valence-electron chi connectivity index (χ1n) is 6.75. The molecule has 0 spiro atoms. The monoisotopic (exact) mass is 342 g/mol. The Morgan fingerprint density at radius 2 is 2.05 bits per heavy atom. The van der Waals surface area contributed by atoms with Gasteiger partial charge in [0.15, 0.2) is 9.84 Å². The molecule has 1 N–H and O–H groups in total. The van der Waals surface area contributed by atoms with E-state index in [9.17, 15) is 21.6 Å². The lowest BCUT2D eigenvalue weighted by molar-refractivity contribution is -0.137. The van der Waals surface area contributed by atoms with Gasteiger partial charge in [0, 0.05) is 20.1 Å². The molecule has 0 aromatic rings. The Balaban J connectivity index is 2.98. The fourth-order valence-corrected chi connectivity index (χ4v) is 5.51. The highest BCUT2D eigenvalue weighted by Gasteiger charge is 2.40. The van der Waals surface area contributed by atoms with Crippen LogP contribution in [0.2, 0.25) is 0 Å². The van der Waals surface area contributed by atoms with Gasteiger partial charge in [0.2, 0.25) is 0 Å². The molecule has 0 aliphatic carbocycles. The SMILES string of the molecule is CCCCN(C)S(=O)(=O)N1CCS(=O)(=O)CC1CC(=O)O. The molecule has 0 bridgehead atoms. The highest BCUT2D eigenvalue weighted by Crippen LogP contribution is 2.21. The molecule has 10 heteroatoms. The van der Waals surface area contributed by atoms with Crippen LogP contribution in [0.4, 0.5) is 0 Å². The zero-order valence-electron chi connectivity index (χ0n) is 12.2. The van der Waals surface area contributed by atoms with Gasteiger partial charge in [-0.05, 0) is 6.42 Å². The first-order chi connectivity index (χ1) is 9.60. The van der Waals surface area contributed by atoms with Gasteiger partial charge in [-0.1, -0.05) is 13.3 Å². The second kappa shape index (κ2) is 7.03. The van der Waals surface area contributed by atoms with Crippen LogP contribution < -0.4 is 0 Å². The Kier molecular flexibility index (Phi) is 6.14. The minimum atomic E-state index is -3.84. The number of hydrogen-bond acceptors (Lipinski definition) is 5. The minimum absolute atomic E-state index is 0.195. The molecule has 0 saturated carbocycles. The second-order valence-corrected chi connectivity index (χ2v) is 9.38. The maximum atomic E-state index is 12.5. The van der Waals surface area contributed by atoms with Crippen LogP contribution in [0, 0.1) is 0 Å². The summed E-state index contributed by atoms with van der Waals surface area (Å²) >= 11 is 0. The number of carboxylic acid groups (broad SMARTS) is 1. The third kappa shape index (κ3) is 4.90. The first-order valence-corrected chi connectivity index (χ1v) is 9.97. The molecule has 8 nitrogen and oxygen atoms in total. The standard InChI is InChI=1S/C11H22N2O6S2/c1-3-4-5-12(2)21(18,19)13-6-7-20(16,17)9-10(13)8-11(14)15/h10H,3-9H2,1-2H3,(H,14,15). The lowest BCUT2D eigenvalue weighted by atomic mass is 10.2. The lowest BCUT2D eigenvalue weighted by Crippen LogP contribution is -2.55. The Hall–Kier alpha value is -0.710. The molecule has 0 radical (unpaired) electrons. The maximum absolute atomic E-state index is 12.5. The van der Waals surface area contributed by atoms with Crippen molar-refractivity contribution in [1.29, 1.82) is 0 Å². The van der Waals surface area contributed by atoms with Crippen molar-refractivity contribution in [3.8, 4) is 0 Å². The van der Waals surface area contributed by atoms with E-state index in [-0.39, 0.29) is 12.3 Å². The summed E-state index contributed by atoms with van der Waals surface area (Å²) in [7, 11) is -5.82. The number of rotatable bonds is 7. The van der Waals surface area contributed by atoms with E-state index < -0.39 is 44.2 Å². The van der Waals surface area contributed by atoms with Gasteiger partial charge in [-0.15, -0.1) is 0 Å². The molecule has 1 atom stereocenters. The van der Waals surface area contributed by atoms with Gasteiger partial charge in [-0.3, -0.25) is 4.79 Å². The van der Waals surface area contributed by atoms with E-state index >= 15 is 0 Å². The van der Waals surface area contributed by atoms with Crippen LogP contribution in [0.15, 0.2) is 0 Å². The molecule has 0 amide bonds. The Bertz CT molecular complexity index is 572. The van der Waals surface area contributed by atoms with Gasteiger partial charge >= 0.3 is 5.97 Å². The van der Waals surface area contributed by atoms with Crippen LogP contribution in [0.25, 0.3) is 0 Å². The van der Waals surface area contributed by atoms with Crippen molar-refractivity contribution < 1.29 is 26.7 Å². The number of nitrogens with zero attached hydrogens (tertiary/aromatic N) is 2. The molecule has 1 aliphatic rings. The highest BCUT2D eigenvalue weighted by molar-refractivity contribution is 7.91. The van der Waals surface area contributed by atoms with Gasteiger partial charge in [-0.2, -0.15) is 17.0 Å². The van der Waals surface area contributed by atoms with E-state index in [1.807, 2.05) is 6.92 Å². The summed E-state index contributed by atoms with van der Waals surface area (Å²) in [6, 6.07) is -1.05.